The first-order valence-electron chi connectivity index (χ1n) is 15.2. The number of rotatable bonds is 10. The number of anilines is 1. The van der Waals surface area contributed by atoms with Gasteiger partial charge in [0, 0.05) is 24.8 Å². The van der Waals surface area contributed by atoms with Crippen LogP contribution in [-0.4, -0.2) is 43.3 Å². The van der Waals surface area contributed by atoms with Crippen LogP contribution in [0.2, 0.25) is 0 Å². The highest BCUT2D eigenvalue weighted by Gasteiger charge is 2.23. The van der Waals surface area contributed by atoms with Crippen molar-refractivity contribution in [1.29, 1.82) is 0 Å². The van der Waals surface area contributed by atoms with Gasteiger partial charge in [0.1, 0.15) is 11.5 Å². The minimum Gasteiger partial charge on any atom is -0.508 e. The third-order valence-corrected chi connectivity index (χ3v) is 8.76. The van der Waals surface area contributed by atoms with Gasteiger partial charge in [-0.05, 0) is 116 Å². The van der Waals surface area contributed by atoms with Crippen LogP contribution in [0, 0.1) is 0 Å². The Balaban J connectivity index is 1.12. The van der Waals surface area contributed by atoms with E-state index in [2.05, 4.69) is 58.7 Å². The number of nitrogens with one attached hydrogen (secondary N) is 1. The van der Waals surface area contributed by atoms with Crippen LogP contribution in [0.3, 0.4) is 0 Å². The monoisotopic (exact) mass is 526 g/mol. The summed E-state index contributed by atoms with van der Waals surface area (Å²) in [4.78, 5) is 2.67. The number of hydrogen-bond donors (Lipinski definition) is 2. The van der Waals surface area contributed by atoms with Crippen LogP contribution in [-0.2, 0) is 25.7 Å². The first-order chi connectivity index (χ1) is 19.2. The van der Waals surface area contributed by atoms with Crippen LogP contribution in [0.15, 0.2) is 60.7 Å². The molecule has 39 heavy (non-hydrogen) atoms. The van der Waals surface area contributed by atoms with Gasteiger partial charge in [0.05, 0.1) is 7.11 Å². The van der Waals surface area contributed by atoms with Crippen molar-refractivity contribution < 1.29 is 9.84 Å². The molecule has 208 valence electrons. The van der Waals surface area contributed by atoms with Gasteiger partial charge in [0.15, 0.2) is 0 Å². The normalized spacial score (nSPS) is 18.1. The van der Waals surface area contributed by atoms with Gasteiger partial charge in [-0.2, -0.15) is 0 Å². The van der Waals surface area contributed by atoms with Gasteiger partial charge in [-0.3, -0.25) is 0 Å². The van der Waals surface area contributed by atoms with Crippen molar-refractivity contribution in [3.05, 3.63) is 88.5 Å². The summed E-state index contributed by atoms with van der Waals surface area (Å²) in [5.74, 6) is 1.74. The second-order valence-electron chi connectivity index (χ2n) is 11.6. The number of methoxy groups -OCH3 is 1. The summed E-state index contributed by atoms with van der Waals surface area (Å²) in [5, 5.41) is 13.6. The minimum atomic E-state index is 0.372. The van der Waals surface area contributed by atoms with Crippen molar-refractivity contribution >= 4 is 5.69 Å². The summed E-state index contributed by atoms with van der Waals surface area (Å²) in [6.45, 7) is 4.69. The van der Waals surface area contributed by atoms with E-state index < -0.39 is 0 Å². The van der Waals surface area contributed by atoms with Crippen LogP contribution in [0.4, 0.5) is 5.69 Å². The van der Waals surface area contributed by atoms with Gasteiger partial charge in [0.25, 0.3) is 0 Å². The number of benzene rings is 3. The van der Waals surface area contributed by atoms with Crippen molar-refractivity contribution in [2.75, 3.05) is 38.6 Å². The fraction of sp³-hybridized carbons (Fsp3) is 0.486. The quantitative estimate of drug-likeness (QED) is 0.268. The molecule has 1 fully saturated rings. The van der Waals surface area contributed by atoms with Crippen molar-refractivity contribution in [3.63, 3.8) is 0 Å². The maximum atomic E-state index is 9.85. The van der Waals surface area contributed by atoms with Crippen molar-refractivity contribution in [1.82, 2.24) is 4.90 Å². The Kier molecular flexibility index (Phi) is 9.82. The average molecular weight is 527 g/mol. The molecule has 0 aromatic heterocycles. The highest BCUT2D eigenvalue weighted by atomic mass is 16.5. The molecule has 2 N–H and O–H groups in total. The van der Waals surface area contributed by atoms with Gasteiger partial charge < -0.3 is 20.1 Å². The van der Waals surface area contributed by atoms with Crippen LogP contribution < -0.4 is 10.1 Å². The lowest BCUT2D eigenvalue weighted by Gasteiger charge is -2.27. The maximum Gasteiger partial charge on any atom is 0.120 e. The number of phenols is 1. The number of likely N-dealkylation sites (tertiary alicyclic amines) is 1. The molecule has 3 aromatic rings. The molecule has 1 aliphatic carbocycles. The Hall–Kier alpha value is -2.98. The third kappa shape index (κ3) is 7.79. The SMILES string of the molecule is COc1ccc(C2CCc3cc(O)ccc3C2)c(NCCCc2ccc(CCN3CCCCCCC3)cc2)c1. The third-order valence-electron chi connectivity index (χ3n) is 8.76. The molecule has 1 heterocycles. The zero-order valence-electron chi connectivity index (χ0n) is 23.8. The Labute approximate surface area is 235 Å². The van der Waals surface area contributed by atoms with Crippen molar-refractivity contribution in [2.24, 2.45) is 0 Å². The molecule has 0 bridgehead atoms. The smallest absolute Gasteiger partial charge is 0.120 e. The zero-order chi connectivity index (χ0) is 26.9. The second-order valence-corrected chi connectivity index (χ2v) is 11.6. The Morgan fingerprint density at radius 1 is 0.846 bits per heavy atom. The summed E-state index contributed by atoms with van der Waals surface area (Å²) in [6.07, 6.45) is 13.4. The number of nitrogens with zero attached hydrogens (tertiary/aromatic N) is 1. The molecule has 0 amide bonds. The molecule has 2 aliphatic rings. The largest absolute Gasteiger partial charge is 0.508 e. The minimum absolute atomic E-state index is 0.372. The Bertz CT molecular complexity index is 1180. The summed E-state index contributed by atoms with van der Waals surface area (Å²) < 4.78 is 5.55. The summed E-state index contributed by atoms with van der Waals surface area (Å²) in [6, 6.07) is 21.7. The molecule has 4 heteroatoms. The van der Waals surface area contributed by atoms with Crippen LogP contribution in [0.1, 0.15) is 78.7 Å². The van der Waals surface area contributed by atoms with Crippen LogP contribution >= 0.6 is 0 Å². The summed E-state index contributed by atoms with van der Waals surface area (Å²) in [5.41, 5.74) is 8.10. The second kappa shape index (κ2) is 13.9. The fourth-order valence-corrected chi connectivity index (χ4v) is 6.39. The molecule has 3 aromatic carbocycles. The van der Waals surface area contributed by atoms with E-state index in [1.54, 1.807) is 7.11 Å². The molecule has 0 spiro atoms. The molecule has 1 aliphatic heterocycles. The molecule has 0 saturated carbocycles. The van der Waals surface area contributed by atoms with E-state index in [9.17, 15) is 5.11 Å². The predicted octanol–water partition coefficient (Wildman–Crippen LogP) is 7.53. The Morgan fingerprint density at radius 2 is 1.59 bits per heavy atom. The number of ether oxygens (including phenoxy) is 1. The lowest BCUT2D eigenvalue weighted by molar-refractivity contribution is 0.250. The van der Waals surface area contributed by atoms with Crippen molar-refractivity contribution in [2.45, 2.75) is 76.5 Å². The van der Waals surface area contributed by atoms with E-state index in [1.807, 2.05) is 12.1 Å². The number of aryl methyl sites for hydroxylation is 2. The van der Waals surface area contributed by atoms with E-state index >= 15 is 0 Å². The summed E-state index contributed by atoms with van der Waals surface area (Å²) >= 11 is 0. The Morgan fingerprint density at radius 3 is 2.36 bits per heavy atom. The highest BCUT2D eigenvalue weighted by Crippen LogP contribution is 2.38. The van der Waals surface area contributed by atoms with E-state index in [-0.39, 0.29) is 0 Å². The number of phenolic OH excluding ortho intramolecular Hbond substituents is 1. The van der Waals surface area contributed by atoms with Gasteiger partial charge in [-0.15, -0.1) is 0 Å². The lowest BCUT2D eigenvalue weighted by atomic mass is 9.79. The van der Waals surface area contributed by atoms with E-state index in [0.717, 1.165) is 50.8 Å². The zero-order valence-corrected chi connectivity index (χ0v) is 23.8. The van der Waals surface area contributed by atoms with Gasteiger partial charge in [0.2, 0.25) is 0 Å². The fourth-order valence-electron chi connectivity index (χ4n) is 6.39. The highest BCUT2D eigenvalue weighted by molar-refractivity contribution is 5.57. The molecule has 4 nitrogen and oxygen atoms in total. The predicted molar refractivity (Wildman–Crippen MR) is 162 cm³/mol. The molecule has 1 saturated heterocycles. The molecule has 5 rings (SSSR count). The van der Waals surface area contributed by atoms with E-state index in [4.69, 9.17) is 4.74 Å². The van der Waals surface area contributed by atoms with Gasteiger partial charge in [-0.1, -0.05) is 55.7 Å². The molecular formula is C35H46N2O2. The van der Waals surface area contributed by atoms with Gasteiger partial charge in [-0.25, -0.2) is 0 Å². The first kappa shape index (κ1) is 27.6. The number of hydrogen-bond acceptors (Lipinski definition) is 4. The van der Waals surface area contributed by atoms with Gasteiger partial charge >= 0.3 is 0 Å². The van der Waals surface area contributed by atoms with Crippen molar-refractivity contribution in [3.8, 4) is 11.5 Å². The van der Waals surface area contributed by atoms with Crippen LogP contribution in [0.5, 0.6) is 11.5 Å². The first-order valence-corrected chi connectivity index (χ1v) is 15.2. The maximum absolute atomic E-state index is 9.85. The standard InChI is InChI=1S/C35H46N2O2/c1-39-33-17-18-34(31-14-13-30-25-32(38)16-15-29(30)24-31)35(26-33)36-20-7-8-27-9-11-28(12-10-27)19-23-37-21-5-3-2-4-6-22-37/h9-12,15-18,25-26,31,36,38H,2-8,13-14,19-24H2,1H3. The van der Waals surface area contributed by atoms with Crippen LogP contribution in [0.25, 0.3) is 0 Å². The molecular weight excluding hydrogens is 480 g/mol. The average Bonchev–Trinajstić information content (AvgIpc) is 2.95. The molecule has 1 atom stereocenters. The molecule has 0 radical (unpaired) electrons. The topological polar surface area (TPSA) is 44.7 Å². The summed E-state index contributed by atoms with van der Waals surface area (Å²) in [7, 11) is 1.74. The van der Waals surface area contributed by atoms with E-state index in [0.29, 0.717) is 11.7 Å². The molecule has 1 unspecified atom stereocenters. The number of fused-ring (bicyclic) bond motifs is 1. The number of aromatic hydroxyl groups is 1. The lowest BCUT2D eigenvalue weighted by Crippen LogP contribution is -2.29. The van der Waals surface area contributed by atoms with E-state index in [1.165, 1.54) is 85.2 Å².